The van der Waals surface area contributed by atoms with Gasteiger partial charge in [0.2, 0.25) is 0 Å². The summed E-state index contributed by atoms with van der Waals surface area (Å²) < 4.78 is 0. The lowest BCUT2D eigenvalue weighted by atomic mass is 9.41. The van der Waals surface area contributed by atoms with E-state index in [0.29, 0.717) is 11.6 Å². The van der Waals surface area contributed by atoms with Gasteiger partial charge in [-0.25, -0.2) is 0 Å². The third-order valence-corrected chi connectivity index (χ3v) is 14.1. The second-order valence-corrected chi connectivity index (χ2v) is 16.5. The molecule has 5 aliphatic carbocycles. The van der Waals surface area contributed by atoms with Crippen LogP contribution >= 0.6 is 0 Å². The van der Waals surface area contributed by atoms with Gasteiger partial charge in [-0.05, 0) is 113 Å². The maximum atomic E-state index is 13.9. The number of unbranched alkanes of at least 4 members (excludes halogenated alkanes) is 8. The Balaban J connectivity index is 0.994. The lowest BCUT2D eigenvalue weighted by Crippen LogP contribution is -2.68. The van der Waals surface area contributed by atoms with Crippen LogP contribution in [0, 0.1) is 46.3 Å². The van der Waals surface area contributed by atoms with Crippen molar-refractivity contribution in [3.63, 3.8) is 0 Å². The van der Waals surface area contributed by atoms with Crippen LogP contribution in [-0.2, 0) is 9.59 Å². The van der Waals surface area contributed by atoms with Gasteiger partial charge in [0.1, 0.15) is 0 Å². The lowest BCUT2D eigenvalue weighted by molar-refractivity contribution is -0.179. The van der Waals surface area contributed by atoms with Crippen molar-refractivity contribution in [1.29, 1.82) is 0 Å². The molecule has 5 aliphatic rings. The minimum Gasteiger partial charge on any atom is -0.297 e. The molecular formula is C40H68O2. The van der Waals surface area contributed by atoms with Gasteiger partial charge in [0.05, 0.1) is 10.8 Å². The molecule has 2 spiro atoms. The van der Waals surface area contributed by atoms with Gasteiger partial charge in [0.25, 0.3) is 0 Å². The number of hydrogen-bond acceptors (Lipinski definition) is 2. The number of carbonyl (C=O) groups excluding carboxylic acids is 2. The van der Waals surface area contributed by atoms with Crippen molar-refractivity contribution in [1.82, 2.24) is 0 Å². The summed E-state index contributed by atoms with van der Waals surface area (Å²) in [6.07, 6.45) is 36.5. The molecular weight excluding hydrogens is 512 g/mol. The number of rotatable bonds is 14. The Bertz CT molecular complexity index is 740. The molecule has 5 rings (SSSR count). The lowest BCUT2D eigenvalue weighted by Gasteiger charge is -2.58. The highest BCUT2D eigenvalue weighted by atomic mass is 16.2. The van der Waals surface area contributed by atoms with Crippen LogP contribution in [-0.4, -0.2) is 11.6 Å². The minimum absolute atomic E-state index is 0.412. The number of ketones is 2. The second kappa shape index (κ2) is 15.6. The predicted octanol–water partition coefficient (Wildman–Crippen LogP) is 11.8. The summed E-state index contributed by atoms with van der Waals surface area (Å²) in [7, 11) is 0. The van der Waals surface area contributed by atoms with Gasteiger partial charge in [0, 0.05) is 0 Å². The average molecular weight is 581 g/mol. The van der Waals surface area contributed by atoms with Crippen LogP contribution in [0.4, 0.5) is 0 Å². The van der Waals surface area contributed by atoms with Gasteiger partial charge in [0.15, 0.2) is 11.6 Å². The second-order valence-electron chi connectivity index (χ2n) is 16.5. The van der Waals surface area contributed by atoms with Crippen LogP contribution < -0.4 is 0 Å². The van der Waals surface area contributed by atoms with Gasteiger partial charge < -0.3 is 0 Å². The third-order valence-electron chi connectivity index (χ3n) is 14.1. The molecule has 0 aliphatic heterocycles. The van der Waals surface area contributed by atoms with Gasteiger partial charge in [-0.3, -0.25) is 9.59 Å². The molecule has 0 bridgehead atoms. The number of Topliss-reactive ketones (excluding diaryl/α,β-unsaturated/α-hetero) is 2. The van der Waals surface area contributed by atoms with E-state index in [1.807, 2.05) is 0 Å². The van der Waals surface area contributed by atoms with Crippen molar-refractivity contribution in [2.24, 2.45) is 46.3 Å². The third kappa shape index (κ3) is 7.25. The fraction of sp³-hybridized carbons (Fsp3) is 0.950. The molecule has 0 saturated heterocycles. The molecule has 0 heterocycles. The van der Waals surface area contributed by atoms with Crippen molar-refractivity contribution < 1.29 is 9.59 Å². The SMILES string of the molecule is CCCCCCC[C@H]1CC[C@H](C2CCC3(CC2)C(=O)C2(CCC([C@H]4CC[C@H](CCCCCCC)CC4)CC2)C3=O)CC1. The van der Waals surface area contributed by atoms with E-state index in [2.05, 4.69) is 13.8 Å². The van der Waals surface area contributed by atoms with Crippen molar-refractivity contribution in [3.05, 3.63) is 0 Å². The Morgan fingerprint density at radius 1 is 0.429 bits per heavy atom. The highest BCUT2D eigenvalue weighted by Crippen LogP contribution is 2.63. The summed E-state index contributed by atoms with van der Waals surface area (Å²) >= 11 is 0. The fourth-order valence-corrected chi connectivity index (χ4v) is 11.1. The van der Waals surface area contributed by atoms with Crippen LogP contribution in [0.1, 0.15) is 194 Å². The molecule has 0 N–H and O–H groups in total. The molecule has 0 unspecified atom stereocenters. The quantitative estimate of drug-likeness (QED) is 0.151. The number of carbonyl (C=O) groups is 2. The van der Waals surface area contributed by atoms with Crippen LogP contribution in [0.5, 0.6) is 0 Å². The first-order chi connectivity index (χ1) is 20.5. The summed E-state index contributed by atoms with van der Waals surface area (Å²) in [4.78, 5) is 27.8. The highest BCUT2D eigenvalue weighted by molar-refractivity contribution is 6.30. The van der Waals surface area contributed by atoms with E-state index in [1.165, 1.54) is 128 Å². The van der Waals surface area contributed by atoms with Crippen LogP contribution in [0.15, 0.2) is 0 Å². The Morgan fingerprint density at radius 2 is 0.738 bits per heavy atom. The summed E-state index contributed by atoms with van der Waals surface area (Å²) in [5, 5.41) is 0. The van der Waals surface area contributed by atoms with Gasteiger partial charge in [-0.1, -0.05) is 117 Å². The molecule has 240 valence electrons. The van der Waals surface area contributed by atoms with Crippen molar-refractivity contribution in [2.45, 2.75) is 194 Å². The summed E-state index contributed by atoms with van der Waals surface area (Å²) in [6, 6.07) is 0. The molecule has 5 saturated carbocycles. The molecule has 0 amide bonds. The average Bonchev–Trinajstić information content (AvgIpc) is 3.05. The summed E-state index contributed by atoms with van der Waals surface area (Å²) in [5.41, 5.74) is -1.09. The van der Waals surface area contributed by atoms with Crippen LogP contribution in [0.25, 0.3) is 0 Å². The topological polar surface area (TPSA) is 34.1 Å². The van der Waals surface area contributed by atoms with E-state index in [-0.39, 0.29) is 0 Å². The number of hydrogen-bond donors (Lipinski definition) is 0. The van der Waals surface area contributed by atoms with E-state index in [1.54, 1.807) is 0 Å². The standard InChI is InChI=1S/C40H68O2/c1-3-5-7-9-11-13-31-15-19-33(20-16-31)35-23-27-39(28-24-35)37(41)40(38(39)42)29-25-36(26-30-40)34-21-17-32(18-22-34)14-12-10-8-6-4-2/h31-36H,3-30H2,1-2H3/t31-,32-,33-,34-,35?,36?,39?,40?. The minimum atomic E-state index is -0.547. The Hall–Kier alpha value is -0.660. The first-order valence-corrected chi connectivity index (χ1v) is 19.6. The van der Waals surface area contributed by atoms with E-state index in [9.17, 15) is 9.59 Å². The van der Waals surface area contributed by atoms with Gasteiger partial charge in [-0.15, -0.1) is 0 Å². The Morgan fingerprint density at radius 3 is 1.07 bits per heavy atom. The molecule has 5 fully saturated rings. The molecule has 2 nitrogen and oxygen atoms in total. The fourth-order valence-electron chi connectivity index (χ4n) is 11.1. The molecule has 42 heavy (non-hydrogen) atoms. The van der Waals surface area contributed by atoms with Crippen molar-refractivity contribution in [2.75, 3.05) is 0 Å². The van der Waals surface area contributed by atoms with E-state index in [4.69, 9.17) is 0 Å². The zero-order valence-corrected chi connectivity index (χ0v) is 28.1. The monoisotopic (exact) mass is 581 g/mol. The van der Waals surface area contributed by atoms with Gasteiger partial charge >= 0.3 is 0 Å². The van der Waals surface area contributed by atoms with Crippen molar-refractivity contribution >= 4 is 11.6 Å². The maximum absolute atomic E-state index is 13.9. The zero-order chi connectivity index (χ0) is 29.4. The Kier molecular flexibility index (Phi) is 12.1. The summed E-state index contributed by atoms with van der Waals surface area (Å²) in [5.74, 6) is 6.05. The molecule has 0 aromatic carbocycles. The molecule has 0 aromatic rings. The first kappa shape index (κ1) is 32.7. The molecule has 0 radical (unpaired) electrons. The van der Waals surface area contributed by atoms with Crippen molar-refractivity contribution in [3.8, 4) is 0 Å². The van der Waals surface area contributed by atoms with E-state index < -0.39 is 10.8 Å². The first-order valence-electron chi connectivity index (χ1n) is 19.6. The zero-order valence-electron chi connectivity index (χ0n) is 28.1. The maximum Gasteiger partial charge on any atom is 0.159 e. The highest BCUT2D eigenvalue weighted by Gasteiger charge is 2.71. The molecule has 2 heteroatoms. The molecule has 0 atom stereocenters. The normalized spacial score (nSPS) is 39.1. The van der Waals surface area contributed by atoms with Crippen LogP contribution in [0.2, 0.25) is 0 Å². The summed E-state index contributed by atoms with van der Waals surface area (Å²) in [6.45, 7) is 4.60. The van der Waals surface area contributed by atoms with E-state index >= 15 is 0 Å². The largest absolute Gasteiger partial charge is 0.297 e. The smallest absolute Gasteiger partial charge is 0.159 e. The molecule has 0 aromatic heterocycles. The van der Waals surface area contributed by atoms with E-state index in [0.717, 1.165) is 86.9 Å². The van der Waals surface area contributed by atoms with Crippen LogP contribution in [0.3, 0.4) is 0 Å². The van der Waals surface area contributed by atoms with Gasteiger partial charge in [-0.2, -0.15) is 0 Å². The predicted molar refractivity (Wildman–Crippen MR) is 176 cm³/mol. The Labute approximate surface area is 260 Å².